The second kappa shape index (κ2) is 7.26. The number of aryl methyl sites for hydroxylation is 3. The SMILES string of the molecule is CCNC(Cc1ncnn1CC)c1cc(C)nnc1CC. The number of nitrogens with one attached hydrogen (secondary N) is 1. The van der Waals surface area contributed by atoms with Crippen molar-refractivity contribution in [2.75, 3.05) is 6.54 Å². The lowest BCUT2D eigenvalue weighted by Crippen LogP contribution is -2.26. The maximum absolute atomic E-state index is 4.39. The van der Waals surface area contributed by atoms with E-state index in [9.17, 15) is 0 Å². The zero-order valence-electron chi connectivity index (χ0n) is 13.3. The summed E-state index contributed by atoms with van der Waals surface area (Å²) in [5.41, 5.74) is 3.22. The van der Waals surface area contributed by atoms with Crippen LogP contribution in [0.1, 0.15) is 49.6 Å². The molecule has 0 amide bonds. The largest absolute Gasteiger partial charge is 0.310 e. The fourth-order valence-electron chi connectivity index (χ4n) is 2.54. The van der Waals surface area contributed by atoms with Gasteiger partial charge in [-0.1, -0.05) is 13.8 Å². The molecule has 0 radical (unpaired) electrons. The molecule has 0 saturated carbocycles. The highest BCUT2D eigenvalue weighted by Gasteiger charge is 2.18. The van der Waals surface area contributed by atoms with Crippen LogP contribution >= 0.6 is 0 Å². The lowest BCUT2D eigenvalue weighted by atomic mass is 10.00. The Morgan fingerprint density at radius 1 is 1.24 bits per heavy atom. The predicted octanol–water partition coefficient (Wildman–Crippen LogP) is 1.85. The van der Waals surface area contributed by atoms with E-state index in [2.05, 4.69) is 52.4 Å². The third kappa shape index (κ3) is 3.64. The van der Waals surface area contributed by atoms with Crippen LogP contribution in [0.15, 0.2) is 12.4 Å². The van der Waals surface area contributed by atoms with Crippen LogP contribution in [0, 0.1) is 6.92 Å². The molecule has 2 aromatic rings. The van der Waals surface area contributed by atoms with E-state index in [1.165, 1.54) is 5.56 Å². The highest BCUT2D eigenvalue weighted by atomic mass is 15.3. The Hall–Kier alpha value is -1.82. The minimum Gasteiger partial charge on any atom is -0.310 e. The minimum atomic E-state index is 0.189. The zero-order chi connectivity index (χ0) is 15.2. The second-order valence-electron chi connectivity index (χ2n) is 5.05. The van der Waals surface area contributed by atoms with Crippen LogP contribution in [0.5, 0.6) is 0 Å². The first-order valence-corrected chi connectivity index (χ1v) is 7.62. The van der Waals surface area contributed by atoms with Crippen LogP contribution in [0.3, 0.4) is 0 Å². The highest BCUT2D eigenvalue weighted by Crippen LogP contribution is 2.21. The van der Waals surface area contributed by atoms with Gasteiger partial charge in [0.25, 0.3) is 0 Å². The van der Waals surface area contributed by atoms with Crippen molar-refractivity contribution in [1.82, 2.24) is 30.3 Å². The van der Waals surface area contributed by atoms with E-state index in [1.807, 2.05) is 11.6 Å². The van der Waals surface area contributed by atoms with Crippen LogP contribution in [0.4, 0.5) is 0 Å². The van der Waals surface area contributed by atoms with Crippen molar-refractivity contribution in [2.24, 2.45) is 0 Å². The van der Waals surface area contributed by atoms with Gasteiger partial charge in [0, 0.05) is 19.0 Å². The van der Waals surface area contributed by atoms with E-state index >= 15 is 0 Å². The minimum absolute atomic E-state index is 0.189. The Labute approximate surface area is 126 Å². The summed E-state index contributed by atoms with van der Waals surface area (Å²) in [5, 5.41) is 16.3. The standard InChI is InChI=1S/C15H24N6/c1-5-13-12(8-11(4)19-20-13)14(16-6-2)9-15-17-10-18-21(15)7-3/h8,10,14,16H,5-7,9H2,1-4H3. The van der Waals surface area contributed by atoms with E-state index in [1.54, 1.807) is 6.33 Å². The van der Waals surface area contributed by atoms with Gasteiger partial charge < -0.3 is 5.32 Å². The average molecular weight is 288 g/mol. The van der Waals surface area contributed by atoms with Gasteiger partial charge in [0.05, 0.1) is 11.4 Å². The molecule has 6 nitrogen and oxygen atoms in total. The molecule has 0 aliphatic heterocycles. The van der Waals surface area contributed by atoms with Crippen molar-refractivity contribution in [2.45, 2.75) is 53.1 Å². The van der Waals surface area contributed by atoms with Crippen LogP contribution < -0.4 is 5.32 Å². The molecule has 2 rings (SSSR count). The zero-order valence-corrected chi connectivity index (χ0v) is 13.3. The molecular formula is C15H24N6. The summed E-state index contributed by atoms with van der Waals surface area (Å²) in [6.07, 6.45) is 3.31. The van der Waals surface area contributed by atoms with Crippen molar-refractivity contribution >= 4 is 0 Å². The van der Waals surface area contributed by atoms with Gasteiger partial charge in [-0.05, 0) is 38.4 Å². The summed E-state index contributed by atoms with van der Waals surface area (Å²) < 4.78 is 1.94. The molecule has 1 unspecified atom stereocenters. The van der Waals surface area contributed by atoms with Gasteiger partial charge in [0.2, 0.25) is 0 Å². The van der Waals surface area contributed by atoms with Crippen LogP contribution in [-0.2, 0) is 19.4 Å². The Kier molecular flexibility index (Phi) is 5.38. The summed E-state index contributed by atoms with van der Waals surface area (Å²) in [5.74, 6) is 1.000. The molecule has 2 heterocycles. The molecule has 0 saturated heterocycles. The molecule has 6 heteroatoms. The second-order valence-corrected chi connectivity index (χ2v) is 5.05. The third-order valence-corrected chi connectivity index (χ3v) is 3.57. The molecule has 2 aromatic heterocycles. The summed E-state index contributed by atoms with van der Waals surface area (Å²) in [6.45, 7) is 10.0. The molecular weight excluding hydrogens is 264 g/mol. The van der Waals surface area contributed by atoms with Gasteiger partial charge in [-0.15, -0.1) is 0 Å². The maximum Gasteiger partial charge on any atom is 0.138 e. The molecule has 114 valence electrons. The molecule has 21 heavy (non-hydrogen) atoms. The summed E-state index contributed by atoms with van der Waals surface area (Å²) in [4.78, 5) is 4.39. The fourth-order valence-corrected chi connectivity index (χ4v) is 2.54. The Morgan fingerprint density at radius 3 is 2.71 bits per heavy atom. The Morgan fingerprint density at radius 2 is 2.05 bits per heavy atom. The normalized spacial score (nSPS) is 12.6. The molecule has 0 fully saturated rings. The van der Waals surface area contributed by atoms with E-state index in [0.29, 0.717) is 0 Å². The van der Waals surface area contributed by atoms with Crippen LogP contribution in [-0.4, -0.2) is 31.5 Å². The van der Waals surface area contributed by atoms with Crippen molar-refractivity contribution in [3.63, 3.8) is 0 Å². The summed E-state index contributed by atoms with van der Waals surface area (Å²) >= 11 is 0. The van der Waals surface area contributed by atoms with Crippen molar-refractivity contribution in [3.8, 4) is 0 Å². The van der Waals surface area contributed by atoms with Gasteiger partial charge in [-0.3, -0.25) is 4.68 Å². The topological polar surface area (TPSA) is 68.5 Å². The Bertz CT molecular complexity index is 577. The van der Waals surface area contributed by atoms with E-state index in [0.717, 1.165) is 43.1 Å². The number of likely N-dealkylation sites (N-methyl/N-ethyl adjacent to an activating group) is 1. The lowest BCUT2D eigenvalue weighted by Gasteiger charge is -2.20. The van der Waals surface area contributed by atoms with Gasteiger partial charge >= 0.3 is 0 Å². The average Bonchev–Trinajstić information content (AvgIpc) is 2.94. The monoisotopic (exact) mass is 288 g/mol. The number of rotatable bonds is 7. The predicted molar refractivity (Wildman–Crippen MR) is 82.0 cm³/mol. The van der Waals surface area contributed by atoms with Crippen molar-refractivity contribution < 1.29 is 0 Å². The third-order valence-electron chi connectivity index (χ3n) is 3.57. The Balaban J connectivity index is 2.32. The van der Waals surface area contributed by atoms with E-state index in [-0.39, 0.29) is 6.04 Å². The summed E-state index contributed by atoms with van der Waals surface area (Å²) in [6, 6.07) is 2.32. The number of hydrogen-bond acceptors (Lipinski definition) is 5. The maximum atomic E-state index is 4.39. The van der Waals surface area contributed by atoms with Crippen LogP contribution in [0.25, 0.3) is 0 Å². The van der Waals surface area contributed by atoms with Crippen molar-refractivity contribution in [1.29, 1.82) is 0 Å². The van der Waals surface area contributed by atoms with Crippen LogP contribution in [0.2, 0.25) is 0 Å². The fraction of sp³-hybridized carbons (Fsp3) is 0.600. The smallest absolute Gasteiger partial charge is 0.138 e. The molecule has 1 N–H and O–H groups in total. The first kappa shape index (κ1) is 15.6. The van der Waals surface area contributed by atoms with Gasteiger partial charge in [-0.2, -0.15) is 15.3 Å². The first-order chi connectivity index (χ1) is 10.2. The molecule has 1 atom stereocenters. The van der Waals surface area contributed by atoms with E-state index < -0.39 is 0 Å². The van der Waals surface area contributed by atoms with E-state index in [4.69, 9.17) is 0 Å². The number of hydrogen-bond donors (Lipinski definition) is 1. The molecule has 0 aromatic carbocycles. The van der Waals surface area contributed by atoms with Gasteiger partial charge in [0.1, 0.15) is 12.2 Å². The lowest BCUT2D eigenvalue weighted by molar-refractivity contribution is 0.503. The first-order valence-electron chi connectivity index (χ1n) is 7.62. The summed E-state index contributed by atoms with van der Waals surface area (Å²) in [7, 11) is 0. The number of aromatic nitrogens is 5. The molecule has 0 bridgehead atoms. The highest BCUT2D eigenvalue weighted by molar-refractivity contribution is 5.25. The van der Waals surface area contributed by atoms with Gasteiger partial charge in [-0.25, -0.2) is 4.98 Å². The van der Waals surface area contributed by atoms with Gasteiger partial charge in [0.15, 0.2) is 0 Å². The molecule has 0 aliphatic rings. The van der Waals surface area contributed by atoms with Crippen molar-refractivity contribution in [3.05, 3.63) is 35.2 Å². The number of nitrogens with zero attached hydrogens (tertiary/aromatic N) is 5. The quantitative estimate of drug-likeness (QED) is 0.842. The molecule has 0 spiro atoms. The molecule has 0 aliphatic carbocycles.